The summed E-state index contributed by atoms with van der Waals surface area (Å²) in [7, 11) is 1.32. The zero-order chi connectivity index (χ0) is 22.0. The van der Waals surface area contributed by atoms with Crippen LogP contribution in [0.1, 0.15) is 24.0 Å². The molecule has 2 aliphatic heterocycles. The number of nitrogens with zero attached hydrogens (tertiary/aromatic N) is 1. The first-order chi connectivity index (χ1) is 15.0. The van der Waals surface area contributed by atoms with E-state index in [1.165, 1.54) is 24.9 Å². The van der Waals surface area contributed by atoms with Gasteiger partial charge in [-0.3, -0.25) is 15.1 Å². The van der Waals surface area contributed by atoms with Crippen LogP contribution in [-0.4, -0.2) is 35.6 Å². The second kappa shape index (κ2) is 9.07. The largest absolute Gasteiger partial charge is 0.466 e. The number of rotatable bonds is 5. The summed E-state index contributed by atoms with van der Waals surface area (Å²) in [6.45, 7) is 1.79. The Balaban J connectivity index is 1.60. The van der Waals surface area contributed by atoms with Crippen LogP contribution in [0.4, 0.5) is 4.39 Å². The van der Waals surface area contributed by atoms with Crippen molar-refractivity contribution in [3.8, 4) is 0 Å². The Bertz CT molecular complexity index is 1020. The first-order valence-corrected chi connectivity index (χ1v) is 10.9. The number of hydrogen-bond donors (Lipinski definition) is 3. The third kappa shape index (κ3) is 4.28. The molecule has 31 heavy (non-hydrogen) atoms. The summed E-state index contributed by atoms with van der Waals surface area (Å²) < 4.78 is 18.9. The number of amides is 1. The summed E-state index contributed by atoms with van der Waals surface area (Å²) in [4.78, 5) is 29.9. The number of hydrogen-bond acceptors (Lipinski definition) is 7. The molecular weight excluding hydrogens is 419 g/mol. The van der Waals surface area contributed by atoms with Gasteiger partial charge in [0.05, 0.1) is 24.8 Å². The number of nitrogens with one attached hydrogen (secondary N) is 3. The fourth-order valence-electron chi connectivity index (χ4n) is 4.09. The average Bonchev–Trinajstić information content (AvgIpc) is 2.77. The molecular formula is C22H23FN4O3S. The smallest absolute Gasteiger partial charge is 0.336 e. The Morgan fingerprint density at radius 1 is 1.23 bits per heavy atom. The Labute approximate surface area is 183 Å². The molecule has 1 saturated heterocycles. The van der Waals surface area contributed by atoms with Gasteiger partial charge in [0.1, 0.15) is 11.3 Å². The number of ether oxygens (including phenoxy) is 1. The highest BCUT2D eigenvalue weighted by molar-refractivity contribution is 7.99. The second-order valence-electron chi connectivity index (χ2n) is 7.40. The number of allylic oxidation sites excluding steroid dienone is 1. The maximum absolute atomic E-state index is 13.9. The molecule has 2 aliphatic rings. The van der Waals surface area contributed by atoms with Crippen molar-refractivity contribution in [1.29, 1.82) is 0 Å². The standard InChI is InChI=1S/C22H23FN4O3S/c1-12-16(21(29)30-2)17(13-7-5-9-24-10-13)18-19(25-12)26-22(27-20(18)28)31-11-14-6-3-4-8-15(14)23/h3-10,17-19,22,25-26H,11H2,1-2H3,(H,27,28). The van der Waals surface area contributed by atoms with E-state index in [4.69, 9.17) is 4.74 Å². The third-order valence-electron chi connectivity index (χ3n) is 5.52. The molecule has 1 aromatic carbocycles. The lowest BCUT2D eigenvalue weighted by Gasteiger charge is -2.45. The summed E-state index contributed by atoms with van der Waals surface area (Å²) in [5, 5.41) is 9.58. The van der Waals surface area contributed by atoms with Crippen molar-refractivity contribution in [2.24, 2.45) is 5.92 Å². The Morgan fingerprint density at radius 3 is 2.74 bits per heavy atom. The second-order valence-corrected chi connectivity index (χ2v) is 8.49. The molecule has 4 unspecified atom stereocenters. The molecule has 0 bridgehead atoms. The van der Waals surface area contributed by atoms with E-state index >= 15 is 0 Å². The Kier molecular flexibility index (Phi) is 6.24. The molecule has 3 heterocycles. The number of fused-ring (bicyclic) bond motifs is 1. The lowest BCUT2D eigenvalue weighted by molar-refractivity contribution is -0.137. The van der Waals surface area contributed by atoms with E-state index in [1.54, 1.807) is 43.6 Å². The van der Waals surface area contributed by atoms with Crippen molar-refractivity contribution in [2.45, 2.75) is 30.3 Å². The zero-order valence-corrected chi connectivity index (χ0v) is 17.9. The van der Waals surface area contributed by atoms with Crippen LogP contribution in [0, 0.1) is 11.7 Å². The summed E-state index contributed by atoms with van der Waals surface area (Å²) in [5.74, 6) is -1.67. The van der Waals surface area contributed by atoms with Gasteiger partial charge in [-0.1, -0.05) is 24.3 Å². The highest BCUT2D eigenvalue weighted by Gasteiger charge is 2.48. The van der Waals surface area contributed by atoms with E-state index in [9.17, 15) is 14.0 Å². The van der Waals surface area contributed by atoms with Crippen LogP contribution in [-0.2, 0) is 20.1 Å². The molecule has 2 aromatic rings. The molecule has 1 aromatic heterocycles. The molecule has 3 N–H and O–H groups in total. The number of benzene rings is 1. The van der Waals surface area contributed by atoms with Crippen molar-refractivity contribution in [3.63, 3.8) is 0 Å². The highest BCUT2D eigenvalue weighted by atomic mass is 32.2. The molecule has 4 rings (SSSR count). The number of pyridine rings is 1. The number of aromatic nitrogens is 1. The minimum atomic E-state index is -0.590. The summed E-state index contributed by atoms with van der Waals surface area (Å²) in [6, 6.07) is 10.2. The Hall–Kier alpha value is -2.91. The quantitative estimate of drug-likeness (QED) is 0.612. The minimum absolute atomic E-state index is 0.204. The van der Waals surface area contributed by atoms with Crippen LogP contribution < -0.4 is 16.0 Å². The lowest BCUT2D eigenvalue weighted by atomic mass is 9.75. The van der Waals surface area contributed by atoms with Crippen molar-refractivity contribution in [2.75, 3.05) is 7.11 Å². The summed E-state index contributed by atoms with van der Waals surface area (Å²) >= 11 is 1.39. The molecule has 9 heteroatoms. The molecule has 0 radical (unpaired) electrons. The van der Waals surface area contributed by atoms with Crippen LogP contribution in [0.25, 0.3) is 0 Å². The van der Waals surface area contributed by atoms with Gasteiger partial charge in [-0.15, -0.1) is 11.8 Å². The van der Waals surface area contributed by atoms with Crippen molar-refractivity contribution >= 4 is 23.6 Å². The number of carbonyl (C=O) groups excluding carboxylic acids is 2. The van der Waals surface area contributed by atoms with Crippen LogP contribution in [0.5, 0.6) is 0 Å². The molecule has 0 saturated carbocycles. The van der Waals surface area contributed by atoms with E-state index in [1.807, 2.05) is 6.07 Å². The number of thioether (sulfide) groups is 1. The molecule has 1 fully saturated rings. The van der Waals surface area contributed by atoms with Gasteiger partial charge in [-0.05, 0) is 30.2 Å². The maximum Gasteiger partial charge on any atom is 0.336 e. The Morgan fingerprint density at radius 2 is 2.03 bits per heavy atom. The average molecular weight is 443 g/mol. The van der Waals surface area contributed by atoms with Crippen LogP contribution in [0.15, 0.2) is 60.1 Å². The van der Waals surface area contributed by atoms with Crippen LogP contribution in [0.3, 0.4) is 0 Å². The predicted molar refractivity (Wildman–Crippen MR) is 115 cm³/mol. The number of methoxy groups -OCH3 is 1. The van der Waals surface area contributed by atoms with Gasteiger partial charge in [0.2, 0.25) is 5.91 Å². The topological polar surface area (TPSA) is 92.4 Å². The third-order valence-corrected chi connectivity index (χ3v) is 6.59. The van der Waals surface area contributed by atoms with Gasteiger partial charge in [0.25, 0.3) is 0 Å². The van der Waals surface area contributed by atoms with Gasteiger partial charge >= 0.3 is 5.97 Å². The highest BCUT2D eigenvalue weighted by Crippen LogP contribution is 2.40. The molecule has 4 atom stereocenters. The van der Waals surface area contributed by atoms with E-state index < -0.39 is 29.5 Å². The monoisotopic (exact) mass is 442 g/mol. The maximum atomic E-state index is 13.9. The van der Waals surface area contributed by atoms with E-state index in [2.05, 4.69) is 20.9 Å². The molecule has 1 amide bonds. The first-order valence-electron chi connectivity index (χ1n) is 9.86. The fourth-order valence-corrected chi connectivity index (χ4v) is 5.11. The normalized spacial score (nSPS) is 25.3. The zero-order valence-electron chi connectivity index (χ0n) is 17.1. The number of esters is 1. The SMILES string of the molecule is COC(=O)C1=C(C)NC2NC(SCc3ccccc3F)NC(=O)C2C1c1cccnc1. The van der Waals surface area contributed by atoms with E-state index in [0.29, 0.717) is 22.6 Å². The molecule has 0 spiro atoms. The first kappa shape index (κ1) is 21.3. The van der Waals surface area contributed by atoms with Crippen LogP contribution in [0.2, 0.25) is 0 Å². The lowest BCUT2D eigenvalue weighted by Crippen LogP contribution is -2.67. The van der Waals surface area contributed by atoms with E-state index in [-0.39, 0.29) is 11.7 Å². The van der Waals surface area contributed by atoms with Crippen LogP contribution >= 0.6 is 11.8 Å². The van der Waals surface area contributed by atoms with Gasteiger partial charge in [-0.2, -0.15) is 0 Å². The summed E-state index contributed by atoms with van der Waals surface area (Å²) in [6.07, 6.45) is 2.89. The van der Waals surface area contributed by atoms with Gasteiger partial charge in [0, 0.05) is 29.8 Å². The fraction of sp³-hybridized carbons (Fsp3) is 0.318. The molecule has 0 aliphatic carbocycles. The number of halogens is 1. The molecule has 162 valence electrons. The van der Waals surface area contributed by atoms with E-state index in [0.717, 1.165) is 5.56 Å². The van der Waals surface area contributed by atoms with Crippen molar-refractivity contribution < 1.29 is 18.7 Å². The number of carbonyl (C=O) groups is 2. The minimum Gasteiger partial charge on any atom is -0.466 e. The molecule has 7 nitrogen and oxygen atoms in total. The summed E-state index contributed by atoms with van der Waals surface area (Å²) in [5.41, 5.74) is 1.96. The van der Waals surface area contributed by atoms with Gasteiger partial charge in [0.15, 0.2) is 0 Å². The van der Waals surface area contributed by atoms with Gasteiger partial charge in [-0.25, -0.2) is 9.18 Å². The van der Waals surface area contributed by atoms with Crippen molar-refractivity contribution in [1.82, 2.24) is 20.9 Å². The predicted octanol–water partition coefficient (Wildman–Crippen LogP) is 2.23. The van der Waals surface area contributed by atoms with Crippen molar-refractivity contribution in [3.05, 3.63) is 77.0 Å². The van der Waals surface area contributed by atoms with Gasteiger partial charge < -0.3 is 15.4 Å².